The van der Waals surface area contributed by atoms with E-state index in [9.17, 15) is 13.6 Å². The Balaban J connectivity index is 1.47. The number of pyridine rings is 1. The number of nitrogens with zero attached hydrogens (tertiary/aromatic N) is 2. The van der Waals surface area contributed by atoms with Crippen molar-refractivity contribution in [2.45, 2.75) is 5.67 Å². The summed E-state index contributed by atoms with van der Waals surface area (Å²) < 4.78 is 69.1. The number of benzene rings is 2. The molecule has 1 amide bonds. The SMILES string of the molecule is CNC(=O)c1cc(F)cc(-c2c[nH]c3nccc(Oc4c(F)cc(NC5=NC[C@@](F)(CO)CO5)cc4F)c23)c1. The molecule has 0 radical (unpaired) electrons. The first kappa shape index (κ1) is 26.0. The highest BCUT2D eigenvalue weighted by Crippen LogP contribution is 2.39. The van der Waals surface area contributed by atoms with E-state index in [1.165, 1.54) is 37.6 Å². The molecule has 1 atom stereocenters. The van der Waals surface area contributed by atoms with E-state index >= 15 is 8.78 Å². The minimum Gasteiger partial charge on any atom is -0.461 e. The summed E-state index contributed by atoms with van der Waals surface area (Å²) in [4.78, 5) is 23.0. The van der Waals surface area contributed by atoms with E-state index in [1.807, 2.05) is 0 Å². The van der Waals surface area contributed by atoms with Gasteiger partial charge in [-0.2, -0.15) is 0 Å². The number of aliphatic hydroxyl groups excluding tert-OH is 1. The molecule has 5 rings (SSSR count). The number of aliphatic hydroxyl groups is 1. The Morgan fingerprint density at radius 3 is 2.64 bits per heavy atom. The Labute approximate surface area is 218 Å². The van der Waals surface area contributed by atoms with E-state index in [1.54, 1.807) is 0 Å². The van der Waals surface area contributed by atoms with Gasteiger partial charge in [0.1, 0.15) is 23.8 Å². The van der Waals surface area contributed by atoms with Crippen LogP contribution in [0.1, 0.15) is 10.4 Å². The van der Waals surface area contributed by atoms with Crippen LogP contribution in [-0.4, -0.2) is 59.5 Å². The van der Waals surface area contributed by atoms with Crippen LogP contribution in [0.5, 0.6) is 11.5 Å². The number of aromatic amines is 1. The molecule has 13 heteroatoms. The molecule has 0 fully saturated rings. The van der Waals surface area contributed by atoms with Crippen LogP contribution in [0.4, 0.5) is 23.2 Å². The normalized spacial score (nSPS) is 16.9. The lowest BCUT2D eigenvalue weighted by atomic mass is 10.0. The summed E-state index contributed by atoms with van der Waals surface area (Å²) in [7, 11) is 1.42. The molecule has 39 heavy (non-hydrogen) atoms. The lowest BCUT2D eigenvalue weighted by Crippen LogP contribution is -2.43. The van der Waals surface area contributed by atoms with Gasteiger partial charge in [0.15, 0.2) is 23.1 Å². The van der Waals surface area contributed by atoms with Gasteiger partial charge in [-0.1, -0.05) is 0 Å². The number of aromatic nitrogens is 2. The minimum absolute atomic E-state index is 0.0174. The number of ether oxygens (including phenoxy) is 2. The highest BCUT2D eigenvalue weighted by Gasteiger charge is 2.34. The number of carbonyl (C=O) groups is 1. The van der Waals surface area contributed by atoms with Crippen LogP contribution in [0.3, 0.4) is 0 Å². The highest BCUT2D eigenvalue weighted by atomic mass is 19.1. The van der Waals surface area contributed by atoms with Crippen LogP contribution in [0, 0.1) is 17.5 Å². The number of aliphatic imine (C=N–C) groups is 1. The summed E-state index contributed by atoms with van der Waals surface area (Å²) in [5, 5.41) is 14.3. The monoisotopic (exact) mass is 543 g/mol. The van der Waals surface area contributed by atoms with E-state index in [-0.39, 0.29) is 29.6 Å². The molecule has 0 bridgehead atoms. The maximum absolute atomic E-state index is 15.0. The van der Waals surface area contributed by atoms with Gasteiger partial charge in [0.05, 0.1) is 18.5 Å². The van der Waals surface area contributed by atoms with E-state index < -0.39 is 48.0 Å². The Bertz CT molecular complexity index is 1590. The Kier molecular flexibility index (Phi) is 6.83. The van der Waals surface area contributed by atoms with E-state index in [4.69, 9.17) is 14.6 Å². The van der Waals surface area contributed by atoms with E-state index in [2.05, 4.69) is 25.6 Å². The molecule has 0 unspecified atom stereocenters. The molecule has 1 aliphatic rings. The number of rotatable bonds is 6. The van der Waals surface area contributed by atoms with Crippen molar-refractivity contribution >= 4 is 28.6 Å². The number of halogens is 4. The second kappa shape index (κ2) is 10.3. The van der Waals surface area contributed by atoms with Gasteiger partial charge < -0.3 is 30.2 Å². The van der Waals surface area contributed by atoms with Gasteiger partial charge in [0.2, 0.25) is 0 Å². The van der Waals surface area contributed by atoms with Crippen LogP contribution >= 0.6 is 0 Å². The zero-order valence-electron chi connectivity index (χ0n) is 20.3. The van der Waals surface area contributed by atoms with Gasteiger partial charge in [-0.3, -0.25) is 4.79 Å². The maximum atomic E-state index is 15.0. The number of amidine groups is 1. The first-order chi connectivity index (χ1) is 18.7. The number of alkyl halides is 1. The van der Waals surface area contributed by atoms with Crippen LogP contribution < -0.4 is 15.4 Å². The van der Waals surface area contributed by atoms with Gasteiger partial charge in [0, 0.05) is 48.4 Å². The predicted octanol–water partition coefficient (Wildman–Crippen LogP) is 4.30. The highest BCUT2D eigenvalue weighted by molar-refractivity contribution is 6.00. The van der Waals surface area contributed by atoms with Crippen LogP contribution in [0.15, 0.2) is 53.8 Å². The Morgan fingerprint density at radius 1 is 1.21 bits per heavy atom. The molecule has 2 aromatic heterocycles. The molecule has 0 saturated heterocycles. The van der Waals surface area contributed by atoms with Gasteiger partial charge in [0.25, 0.3) is 11.9 Å². The zero-order valence-corrected chi connectivity index (χ0v) is 20.3. The van der Waals surface area contributed by atoms with Gasteiger partial charge in [-0.05, 0) is 29.8 Å². The summed E-state index contributed by atoms with van der Waals surface area (Å²) in [5.41, 5.74) is -1.03. The molecule has 0 saturated carbocycles. The molecule has 4 aromatic rings. The molecule has 3 heterocycles. The molecule has 0 spiro atoms. The van der Waals surface area contributed by atoms with Crippen molar-refractivity contribution in [2.75, 3.05) is 32.1 Å². The average Bonchev–Trinajstić information content (AvgIpc) is 3.36. The molecule has 0 aliphatic carbocycles. The summed E-state index contributed by atoms with van der Waals surface area (Å²) in [6, 6.07) is 6.85. The lowest BCUT2D eigenvalue weighted by Gasteiger charge is -2.26. The van der Waals surface area contributed by atoms with Gasteiger partial charge in [-0.25, -0.2) is 27.5 Å². The predicted molar refractivity (Wildman–Crippen MR) is 134 cm³/mol. The van der Waals surface area contributed by atoms with E-state index in [0.29, 0.717) is 22.2 Å². The molecule has 4 N–H and O–H groups in total. The summed E-state index contributed by atoms with van der Waals surface area (Å²) in [6.07, 6.45) is 2.88. The molecule has 1 aliphatic heterocycles. The largest absolute Gasteiger partial charge is 0.461 e. The third-order valence-corrected chi connectivity index (χ3v) is 5.95. The van der Waals surface area contributed by atoms with Crippen molar-refractivity contribution in [3.8, 4) is 22.6 Å². The molecule has 202 valence electrons. The van der Waals surface area contributed by atoms with Gasteiger partial charge >= 0.3 is 0 Å². The van der Waals surface area contributed by atoms with E-state index in [0.717, 1.165) is 18.2 Å². The smallest absolute Gasteiger partial charge is 0.289 e. The summed E-state index contributed by atoms with van der Waals surface area (Å²) >= 11 is 0. The Morgan fingerprint density at radius 2 is 1.97 bits per heavy atom. The second-order valence-electron chi connectivity index (χ2n) is 8.76. The van der Waals surface area contributed by atoms with Crippen molar-refractivity contribution in [1.29, 1.82) is 0 Å². The zero-order chi connectivity index (χ0) is 27.7. The van der Waals surface area contributed by atoms with Crippen molar-refractivity contribution in [2.24, 2.45) is 4.99 Å². The summed E-state index contributed by atoms with van der Waals surface area (Å²) in [5.74, 6) is -4.00. The fraction of sp³-hybridized carbons (Fsp3) is 0.192. The fourth-order valence-corrected chi connectivity index (χ4v) is 4.00. The number of amides is 1. The second-order valence-corrected chi connectivity index (χ2v) is 8.76. The van der Waals surface area contributed by atoms with Crippen molar-refractivity contribution in [1.82, 2.24) is 15.3 Å². The number of hydrogen-bond acceptors (Lipinski definition) is 7. The molecule has 9 nitrogen and oxygen atoms in total. The summed E-state index contributed by atoms with van der Waals surface area (Å²) in [6.45, 7) is -1.64. The molecular weight excluding hydrogens is 522 g/mol. The van der Waals surface area contributed by atoms with Gasteiger partial charge in [-0.15, -0.1) is 0 Å². The number of nitrogens with one attached hydrogen (secondary N) is 3. The third-order valence-electron chi connectivity index (χ3n) is 5.95. The number of carbonyl (C=O) groups excluding carboxylic acids is 1. The van der Waals surface area contributed by atoms with Crippen molar-refractivity contribution in [3.63, 3.8) is 0 Å². The van der Waals surface area contributed by atoms with Crippen molar-refractivity contribution < 1.29 is 36.9 Å². The molecular formula is C26H21F4N5O4. The lowest BCUT2D eigenvalue weighted by molar-refractivity contribution is 0.0181. The first-order valence-electron chi connectivity index (χ1n) is 11.6. The topological polar surface area (TPSA) is 121 Å². The van der Waals surface area contributed by atoms with Crippen LogP contribution in [0.25, 0.3) is 22.2 Å². The Hall–Kier alpha value is -4.65. The van der Waals surface area contributed by atoms with Crippen LogP contribution in [-0.2, 0) is 4.74 Å². The standard InChI is InChI=1S/C26H21F4N5O4/c1-31-24(37)14-4-13(5-15(27)6-14)17-9-33-23-21(17)20(2-3-32-23)39-22-18(28)7-16(8-19(22)29)35-25-34-10-26(30,11-36)12-38-25/h2-9,36H,10-12H2,1H3,(H,31,37)(H,32,33)(H,34,35)/t26-/m1/s1. The average molecular weight is 543 g/mol. The number of H-pyrrole nitrogens is 1. The quantitative estimate of drug-likeness (QED) is 0.269. The maximum Gasteiger partial charge on any atom is 0.289 e. The number of anilines is 1. The number of hydrogen-bond donors (Lipinski definition) is 4. The minimum atomic E-state index is -2.03. The third kappa shape index (κ3) is 5.21. The first-order valence-corrected chi connectivity index (χ1v) is 11.6. The number of fused-ring (bicyclic) bond motifs is 1. The van der Waals surface area contributed by atoms with Crippen molar-refractivity contribution in [3.05, 3.63) is 71.8 Å². The molecule has 2 aromatic carbocycles. The fourth-order valence-electron chi connectivity index (χ4n) is 4.00. The van der Waals surface area contributed by atoms with Crippen LogP contribution in [0.2, 0.25) is 0 Å².